The summed E-state index contributed by atoms with van der Waals surface area (Å²) in [5, 5.41) is 0.881. The normalized spacial score (nSPS) is 12.3. The smallest absolute Gasteiger partial charge is 0.237 e. The summed E-state index contributed by atoms with van der Waals surface area (Å²) < 4.78 is 5.48. The number of amides is 1. The van der Waals surface area contributed by atoms with Crippen molar-refractivity contribution >= 4 is 16.8 Å². The Kier molecular flexibility index (Phi) is 3.20. The van der Waals surface area contributed by atoms with Crippen LogP contribution in [0.15, 0.2) is 36.5 Å². The van der Waals surface area contributed by atoms with Crippen LogP contribution in [0.25, 0.3) is 10.9 Å². The van der Waals surface area contributed by atoms with Crippen molar-refractivity contribution in [2.24, 2.45) is 11.5 Å². The van der Waals surface area contributed by atoms with Gasteiger partial charge in [-0.3, -0.25) is 9.78 Å². The molecule has 0 saturated heterocycles. The lowest BCUT2D eigenvalue weighted by atomic mass is 10.2. The molecule has 1 amide bonds. The van der Waals surface area contributed by atoms with Crippen LogP contribution in [0.5, 0.6) is 5.75 Å². The number of benzene rings is 1. The maximum atomic E-state index is 10.8. The maximum absolute atomic E-state index is 10.8. The number of carbonyl (C=O) groups excluding carboxylic acids is 1. The first-order chi connectivity index (χ1) is 8.18. The first-order valence-electron chi connectivity index (χ1n) is 5.20. The number of hydrogen-bond acceptors (Lipinski definition) is 4. The summed E-state index contributed by atoms with van der Waals surface area (Å²) in [6, 6.07) is 8.44. The fourth-order valence-corrected chi connectivity index (χ4v) is 1.46. The highest BCUT2D eigenvalue weighted by atomic mass is 16.5. The van der Waals surface area contributed by atoms with Crippen LogP contribution in [0.3, 0.4) is 0 Å². The first-order valence-corrected chi connectivity index (χ1v) is 5.20. The van der Waals surface area contributed by atoms with Crippen molar-refractivity contribution in [3.05, 3.63) is 36.5 Å². The summed E-state index contributed by atoms with van der Waals surface area (Å²) >= 11 is 0. The summed E-state index contributed by atoms with van der Waals surface area (Å²) in [7, 11) is 0. The van der Waals surface area contributed by atoms with Crippen LogP contribution in [0.4, 0.5) is 0 Å². The molecule has 17 heavy (non-hydrogen) atoms. The van der Waals surface area contributed by atoms with Crippen molar-refractivity contribution in [1.82, 2.24) is 4.98 Å². The van der Waals surface area contributed by atoms with Crippen LogP contribution in [0, 0.1) is 0 Å². The molecule has 0 radical (unpaired) electrons. The van der Waals surface area contributed by atoms with E-state index in [0.29, 0.717) is 5.75 Å². The topological polar surface area (TPSA) is 91.2 Å². The third-order valence-electron chi connectivity index (χ3n) is 2.39. The summed E-state index contributed by atoms with van der Waals surface area (Å²) in [5.74, 6) is 0.0654. The lowest BCUT2D eigenvalue weighted by molar-refractivity contribution is -0.119. The van der Waals surface area contributed by atoms with Crippen LogP contribution >= 0.6 is 0 Å². The van der Waals surface area contributed by atoms with Gasteiger partial charge in [0.05, 0.1) is 5.52 Å². The minimum Gasteiger partial charge on any atom is -0.491 e. The Morgan fingerprint density at radius 1 is 1.35 bits per heavy atom. The van der Waals surface area contributed by atoms with Gasteiger partial charge in [0.2, 0.25) is 5.91 Å². The fraction of sp³-hybridized carbons (Fsp3) is 0.167. The predicted octanol–water partition coefficient (Wildman–Crippen LogP) is 0.426. The van der Waals surface area contributed by atoms with Gasteiger partial charge < -0.3 is 16.2 Å². The molecule has 5 nitrogen and oxygen atoms in total. The summed E-state index contributed by atoms with van der Waals surface area (Å²) in [6.07, 6.45) is 1.71. The van der Waals surface area contributed by atoms with Gasteiger partial charge >= 0.3 is 0 Å². The molecule has 2 rings (SSSR count). The zero-order chi connectivity index (χ0) is 12.3. The summed E-state index contributed by atoms with van der Waals surface area (Å²) in [5.41, 5.74) is 11.4. The Morgan fingerprint density at radius 3 is 2.94 bits per heavy atom. The average molecular weight is 231 g/mol. The number of nitrogens with zero attached hydrogens (tertiary/aromatic N) is 1. The number of fused-ring (bicyclic) bond motifs is 1. The number of primary amides is 1. The van der Waals surface area contributed by atoms with Gasteiger partial charge in [0.25, 0.3) is 0 Å². The van der Waals surface area contributed by atoms with E-state index in [4.69, 9.17) is 16.2 Å². The Hall–Kier alpha value is -2.14. The van der Waals surface area contributed by atoms with Gasteiger partial charge in [-0.15, -0.1) is 0 Å². The van der Waals surface area contributed by atoms with Crippen molar-refractivity contribution in [1.29, 1.82) is 0 Å². The molecule has 0 aliphatic heterocycles. The third kappa shape index (κ3) is 2.51. The SMILES string of the molecule is NC(=O)C(N)COc1cccc2ncccc12. The fourth-order valence-electron chi connectivity index (χ4n) is 1.46. The molecule has 1 heterocycles. The van der Waals surface area contributed by atoms with Crippen LogP contribution in [0.2, 0.25) is 0 Å². The predicted molar refractivity (Wildman–Crippen MR) is 64.4 cm³/mol. The molecule has 0 aliphatic carbocycles. The van der Waals surface area contributed by atoms with Crippen LogP contribution in [-0.2, 0) is 4.79 Å². The van der Waals surface area contributed by atoms with Gasteiger partial charge in [0.1, 0.15) is 18.4 Å². The van der Waals surface area contributed by atoms with E-state index >= 15 is 0 Å². The minimum absolute atomic E-state index is 0.0589. The van der Waals surface area contributed by atoms with Crippen LogP contribution in [-0.4, -0.2) is 23.5 Å². The maximum Gasteiger partial charge on any atom is 0.237 e. The summed E-state index contributed by atoms with van der Waals surface area (Å²) in [4.78, 5) is 15.0. The summed E-state index contributed by atoms with van der Waals surface area (Å²) in [6.45, 7) is 0.0589. The van der Waals surface area contributed by atoms with Crippen molar-refractivity contribution in [2.45, 2.75) is 6.04 Å². The second kappa shape index (κ2) is 4.80. The highest BCUT2D eigenvalue weighted by molar-refractivity contribution is 5.85. The van der Waals surface area contributed by atoms with Gasteiger partial charge in [0, 0.05) is 11.6 Å². The van der Waals surface area contributed by atoms with E-state index in [1.807, 2.05) is 24.3 Å². The Balaban J connectivity index is 2.21. The van der Waals surface area contributed by atoms with E-state index in [2.05, 4.69) is 4.98 Å². The lowest BCUT2D eigenvalue weighted by Crippen LogP contribution is -2.41. The molecule has 88 valence electrons. The van der Waals surface area contributed by atoms with E-state index in [-0.39, 0.29) is 6.61 Å². The first kappa shape index (κ1) is 11.3. The van der Waals surface area contributed by atoms with Gasteiger partial charge in [-0.1, -0.05) is 6.07 Å². The molecule has 0 aliphatic rings. The Bertz CT molecular complexity index is 537. The van der Waals surface area contributed by atoms with Crippen molar-refractivity contribution in [3.8, 4) is 5.75 Å². The Labute approximate surface area is 98.4 Å². The van der Waals surface area contributed by atoms with E-state index in [0.717, 1.165) is 10.9 Å². The number of ether oxygens (including phenoxy) is 1. The second-order valence-corrected chi connectivity index (χ2v) is 3.65. The number of carbonyl (C=O) groups is 1. The second-order valence-electron chi connectivity index (χ2n) is 3.65. The number of pyridine rings is 1. The van der Waals surface area contributed by atoms with Crippen LogP contribution < -0.4 is 16.2 Å². The van der Waals surface area contributed by atoms with Gasteiger partial charge in [-0.2, -0.15) is 0 Å². The average Bonchev–Trinajstić information content (AvgIpc) is 2.35. The largest absolute Gasteiger partial charge is 0.491 e. The van der Waals surface area contributed by atoms with E-state index < -0.39 is 11.9 Å². The van der Waals surface area contributed by atoms with E-state index in [1.165, 1.54) is 0 Å². The molecule has 0 bridgehead atoms. The van der Waals surface area contributed by atoms with Gasteiger partial charge in [0.15, 0.2) is 0 Å². The number of rotatable bonds is 4. The highest BCUT2D eigenvalue weighted by Crippen LogP contribution is 2.23. The molecule has 1 aromatic heterocycles. The molecule has 0 fully saturated rings. The minimum atomic E-state index is -0.804. The van der Waals surface area contributed by atoms with Crippen molar-refractivity contribution in [2.75, 3.05) is 6.61 Å². The van der Waals surface area contributed by atoms with Gasteiger partial charge in [-0.05, 0) is 24.3 Å². The highest BCUT2D eigenvalue weighted by Gasteiger charge is 2.10. The molecule has 1 unspecified atom stereocenters. The molecule has 4 N–H and O–H groups in total. The van der Waals surface area contributed by atoms with Crippen molar-refractivity contribution < 1.29 is 9.53 Å². The molecule has 0 saturated carbocycles. The zero-order valence-electron chi connectivity index (χ0n) is 9.17. The number of nitrogens with two attached hydrogens (primary N) is 2. The quantitative estimate of drug-likeness (QED) is 0.798. The standard InChI is InChI=1S/C12H13N3O2/c13-9(12(14)16)7-17-11-5-1-4-10-8(11)3-2-6-15-10/h1-6,9H,7,13H2,(H2,14,16). The van der Waals surface area contributed by atoms with Crippen LogP contribution in [0.1, 0.15) is 0 Å². The molecule has 2 aromatic rings. The van der Waals surface area contributed by atoms with Gasteiger partial charge in [-0.25, -0.2) is 0 Å². The molecular weight excluding hydrogens is 218 g/mol. The molecule has 1 aromatic carbocycles. The van der Waals surface area contributed by atoms with E-state index in [9.17, 15) is 4.79 Å². The molecule has 0 spiro atoms. The number of aromatic nitrogens is 1. The molecule has 1 atom stereocenters. The lowest BCUT2D eigenvalue weighted by Gasteiger charge is -2.11. The third-order valence-corrected chi connectivity index (χ3v) is 2.39. The Morgan fingerprint density at radius 2 is 2.18 bits per heavy atom. The van der Waals surface area contributed by atoms with E-state index in [1.54, 1.807) is 12.3 Å². The van der Waals surface area contributed by atoms with Crippen molar-refractivity contribution in [3.63, 3.8) is 0 Å². The number of hydrogen-bond donors (Lipinski definition) is 2. The molecule has 5 heteroatoms. The zero-order valence-corrected chi connectivity index (χ0v) is 9.17. The monoisotopic (exact) mass is 231 g/mol. The molecular formula is C12H13N3O2.